The van der Waals surface area contributed by atoms with Gasteiger partial charge in [-0.25, -0.2) is 9.97 Å². The zero-order chi connectivity index (χ0) is 12.3. The van der Waals surface area contributed by atoms with Crippen LogP contribution in [0.4, 0.5) is 0 Å². The summed E-state index contributed by atoms with van der Waals surface area (Å²) in [4.78, 5) is 8.64. The van der Waals surface area contributed by atoms with E-state index in [-0.39, 0.29) is 5.54 Å². The normalized spacial score (nSPS) is 27.9. The molecule has 0 bridgehead atoms. The topological polar surface area (TPSA) is 61.6 Å². The zero-order valence-electron chi connectivity index (χ0n) is 10.1. The number of rotatable bonds is 3. The summed E-state index contributed by atoms with van der Waals surface area (Å²) in [5, 5.41) is 13.6. The number of hydrogen-bond donors (Lipinski definition) is 1. The molecule has 1 N–H and O–H groups in total. The van der Waals surface area contributed by atoms with Crippen molar-refractivity contribution in [3.8, 4) is 6.07 Å². The summed E-state index contributed by atoms with van der Waals surface area (Å²) in [6.45, 7) is 1.97. The molecule has 0 spiro atoms. The molecule has 1 fully saturated rings. The number of nitrogens with one attached hydrogen (secondary N) is 1. The van der Waals surface area contributed by atoms with Crippen molar-refractivity contribution in [2.45, 2.75) is 42.1 Å². The Morgan fingerprint density at radius 2 is 2.47 bits per heavy atom. The molecule has 1 aliphatic rings. The third-order valence-corrected chi connectivity index (χ3v) is 4.35. The maximum atomic E-state index is 9.19. The third kappa shape index (κ3) is 2.76. The predicted octanol–water partition coefficient (Wildman–Crippen LogP) is 1.91. The lowest BCUT2D eigenvalue weighted by atomic mass is 10.0. The van der Waals surface area contributed by atoms with Crippen LogP contribution in [0, 0.1) is 18.3 Å². The molecule has 0 radical (unpaired) electrons. The van der Waals surface area contributed by atoms with E-state index in [1.54, 1.807) is 18.0 Å². The van der Waals surface area contributed by atoms with E-state index in [0.29, 0.717) is 5.25 Å². The molecule has 2 unspecified atom stereocenters. The molecule has 90 valence electrons. The molecule has 2 rings (SSSR count). The number of nitrogens with zero attached hydrogens (tertiary/aromatic N) is 3. The second-order valence-electron chi connectivity index (χ2n) is 4.41. The minimum atomic E-state index is -0.346. The molecule has 1 saturated carbocycles. The Labute approximate surface area is 106 Å². The van der Waals surface area contributed by atoms with E-state index in [1.165, 1.54) is 0 Å². The number of hydrogen-bond acceptors (Lipinski definition) is 5. The number of thioether (sulfide) groups is 1. The van der Waals surface area contributed by atoms with Crippen molar-refractivity contribution in [1.29, 1.82) is 5.26 Å². The fourth-order valence-corrected chi connectivity index (χ4v) is 3.34. The number of aryl methyl sites for hydroxylation is 1. The molecule has 0 amide bonds. The lowest BCUT2D eigenvalue weighted by Crippen LogP contribution is -2.38. The van der Waals surface area contributed by atoms with Crippen molar-refractivity contribution in [1.82, 2.24) is 15.3 Å². The van der Waals surface area contributed by atoms with Crippen LogP contribution in [0.1, 0.15) is 25.0 Å². The monoisotopic (exact) mass is 248 g/mol. The summed E-state index contributed by atoms with van der Waals surface area (Å²) in [7, 11) is 1.86. The molecular formula is C12H16N4S. The first kappa shape index (κ1) is 12.3. The molecule has 17 heavy (non-hydrogen) atoms. The summed E-state index contributed by atoms with van der Waals surface area (Å²) >= 11 is 1.69. The second kappa shape index (κ2) is 5.03. The van der Waals surface area contributed by atoms with Crippen LogP contribution in [0.25, 0.3) is 0 Å². The highest BCUT2D eigenvalue weighted by atomic mass is 32.2. The molecule has 1 aromatic heterocycles. The van der Waals surface area contributed by atoms with Crippen molar-refractivity contribution >= 4 is 11.8 Å². The van der Waals surface area contributed by atoms with E-state index in [0.717, 1.165) is 30.1 Å². The predicted molar refractivity (Wildman–Crippen MR) is 67.7 cm³/mol. The van der Waals surface area contributed by atoms with E-state index in [4.69, 9.17) is 0 Å². The Bertz CT molecular complexity index is 442. The molecule has 4 nitrogen and oxygen atoms in total. The quantitative estimate of drug-likeness (QED) is 0.828. The van der Waals surface area contributed by atoms with Gasteiger partial charge < -0.3 is 5.32 Å². The van der Waals surface area contributed by atoms with Gasteiger partial charge >= 0.3 is 0 Å². The van der Waals surface area contributed by atoms with Crippen LogP contribution in [-0.2, 0) is 0 Å². The minimum Gasteiger partial charge on any atom is -0.302 e. The van der Waals surface area contributed by atoms with Gasteiger partial charge in [0.2, 0.25) is 0 Å². The van der Waals surface area contributed by atoms with Crippen LogP contribution in [-0.4, -0.2) is 27.8 Å². The summed E-state index contributed by atoms with van der Waals surface area (Å²) in [6, 6.07) is 4.28. The van der Waals surface area contributed by atoms with Gasteiger partial charge in [0.05, 0.1) is 6.07 Å². The first-order chi connectivity index (χ1) is 8.17. The largest absolute Gasteiger partial charge is 0.302 e. The molecule has 1 aromatic rings. The molecule has 1 heterocycles. The van der Waals surface area contributed by atoms with E-state index in [1.807, 2.05) is 20.0 Å². The van der Waals surface area contributed by atoms with Gasteiger partial charge in [0, 0.05) is 17.1 Å². The lowest BCUT2D eigenvalue weighted by Gasteiger charge is -2.19. The highest BCUT2D eigenvalue weighted by Gasteiger charge is 2.38. The molecular weight excluding hydrogens is 232 g/mol. The van der Waals surface area contributed by atoms with Gasteiger partial charge in [-0.05, 0) is 39.3 Å². The first-order valence-corrected chi connectivity index (χ1v) is 6.62. The second-order valence-corrected chi connectivity index (χ2v) is 5.67. The smallest absolute Gasteiger partial charge is 0.187 e. The van der Waals surface area contributed by atoms with Crippen LogP contribution in [0.3, 0.4) is 0 Å². The average molecular weight is 248 g/mol. The van der Waals surface area contributed by atoms with Crippen molar-refractivity contribution in [2.75, 3.05) is 7.05 Å². The van der Waals surface area contributed by atoms with Crippen LogP contribution >= 0.6 is 11.8 Å². The van der Waals surface area contributed by atoms with Crippen LogP contribution in [0.5, 0.6) is 0 Å². The standard InChI is InChI=1S/C12H16N4S/c1-9-4-6-15-11(16-9)17-10-3-5-12(7-10,8-13)14-2/h4,6,10,14H,3,5,7H2,1-2H3. The molecule has 2 atom stereocenters. The van der Waals surface area contributed by atoms with E-state index < -0.39 is 0 Å². The average Bonchev–Trinajstić information content (AvgIpc) is 2.73. The molecule has 1 aliphatic carbocycles. The van der Waals surface area contributed by atoms with E-state index in [9.17, 15) is 5.26 Å². The lowest BCUT2D eigenvalue weighted by molar-refractivity contribution is 0.464. The molecule has 0 aromatic carbocycles. The van der Waals surface area contributed by atoms with Gasteiger partial charge in [-0.1, -0.05) is 11.8 Å². The zero-order valence-corrected chi connectivity index (χ0v) is 10.9. The van der Waals surface area contributed by atoms with Gasteiger partial charge in [-0.2, -0.15) is 5.26 Å². The van der Waals surface area contributed by atoms with E-state index in [2.05, 4.69) is 21.4 Å². The van der Waals surface area contributed by atoms with Gasteiger partial charge in [0.1, 0.15) is 5.54 Å². The van der Waals surface area contributed by atoms with Gasteiger partial charge in [0.25, 0.3) is 0 Å². The summed E-state index contributed by atoms with van der Waals surface area (Å²) in [6.07, 6.45) is 4.59. The maximum Gasteiger partial charge on any atom is 0.187 e. The Balaban J connectivity index is 2.01. The fourth-order valence-electron chi connectivity index (χ4n) is 2.12. The Hall–Kier alpha value is -1.12. The maximum absolute atomic E-state index is 9.19. The Morgan fingerprint density at radius 3 is 3.06 bits per heavy atom. The van der Waals surface area contributed by atoms with E-state index >= 15 is 0 Å². The van der Waals surface area contributed by atoms with Gasteiger partial charge in [0.15, 0.2) is 5.16 Å². The van der Waals surface area contributed by atoms with Crippen LogP contribution in [0.2, 0.25) is 0 Å². The van der Waals surface area contributed by atoms with Gasteiger partial charge in [-0.15, -0.1) is 0 Å². The Kier molecular flexibility index (Phi) is 3.65. The highest BCUT2D eigenvalue weighted by molar-refractivity contribution is 7.99. The van der Waals surface area contributed by atoms with Crippen LogP contribution < -0.4 is 5.32 Å². The summed E-state index contributed by atoms with van der Waals surface area (Å²) < 4.78 is 0. The number of aromatic nitrogens is 2. The molecule has 5 heteroatoms. The third-order valence-electron chi connectivity index (χ3n) is 3.21. The Morgan fingerprint density at radius 1 is 1.65 bits per heavy atom. The number of nitriles is 1. The highest BCUT2D eigenvalue weighted by Crippen LogP contribution is 2.38. The van der Waals surface area contributed by atoms with Crippen molar-refractivity contribution < 1.29 is 0 Å². The van der Waals surface area contributed by atoms with Crippen LogP contribution in [0.15, 0.2) is 17.4 Å². The van der Waals surface area contributed by atoms with Crippen molar-refractivity contribution in [3.05, 3.63) is 18.0 Å². The van der Waals surface area contributed by atoms with Crippen molar-refractivity contribution in [2.24, 2.45) is 0 Å². The van der Waals surface area contributed by atoms with Gasteiger partial charge in [-0.3, -0.25) is 0 Å². The summed E-state index contributed by atoms with van der Waals surface area (Å²) in [5.74, 6) is 0. The minimum absolute atomic E-state index is 0.346. The van der Waals surface area contributed by atoms with Crippen molar-refractivity contribution in [3.63, 3.8) is 0 Å². The molecule has 0 aliphatic heterocycles. The molecule has 0 saturated heterocycles. The SMILES string of the molecule is CNC1(C#N)CCC(Sc2nccc(C)n2)C1. The first-order valence-electron chi connectivity index (χ1n) is 5.74. The summed E-state index contributed by atoms with van der Waals surface area (Å²) in [5.41, 5.74) is 0.641. The fraction of sp³-hybridized carbons (Fsp3) is 0.583.